The summed E-state index contributed by atoms with van der Waals surface area (Å²) in [5.74, 6) is -0.977. The molecule has 0 saturated heterocycles. The van der Waals surface area contributed by atoms with Gasteiger partial charge in [0.1, 0.15) is 0 Å². The molecule has 0 aliphatic heterocycles. The summed E-state index contributed by atoms with van der Waals surface area (Å²) in [6, 6.07) is 8.11. The number of imidazole rings is 1. The zero-order chi connectivity index (χ0) is 17.1. The number of rotatable bonds is 6. The average Bonchev–Trinajstić information content (AvgIpc) is 3.20. The molecule has 24 heavy (non-hydrogen) atoms. The highest BCUT2D eigenvalue weighted by Crippen LogP contribution is 2.23. The van der Waals surface area contributed by atoms with Gasteiger partial charge in [0.2, 0.25) is 5.95 Å². The van der Waals surface area contributed by atoms with Crippen molar-refractivity contribution in [2.75, 3.05) is 11.9 Å². The van der Waals surface area contributed by atoms with Gasteiger partial charge in [-0.3, -0.25) is 10.1 Å². The molecular formula is C16H15N3O4S. The molecule has 0 spiro atoms. The van der Waals surface area contributed by atoms with Gasteiger partial charge in [-0.15, -0.1) is 11.3 Å². The van der Waals surface area contributed by atoms with Crippen molar-refractivity contribution in [2.24, 2.45) is 0 Å². The van der Waals surface area contributed by atoms with Crippen molar-refractivity contribution >= 4 is 40.2 Å². The van der Waals surface area contributed by atoms with Crippen molar-refractivity contribution in [3.05, 3.63) is 46.2 Å². The Balaban J connectivity index is 2.00. The van der Waals surface area contributed by atoms with Crippen LogP contribution >= 0.6 is 11.3 Å². The van der Waals surface area contributed by atoms with Crippen LogP contribution in [0.5, 0.6) is 0 Å². The van der Waals surface area contributed by atoms with E-state index < -0.39 is 5.97 Å². The lowest BCUT2D eigenvalue weighted by molar-refractivity contribution is 0.0696. The first-order valence-corrected chi connectivity index (χ1v) is 8.17. The molecule has 0 radical (unpaired) electrons. The molecule has 3 rings (SSSR count). The van der Waals surface area contributed by atoms with E-state index in [1.165, 1.54) is 23.5 Å². The van der Waals surface area contributed by atoms with Crippen LogP contribution in [0.1, 0.15) is 26.5 Å². The molecule has 3 N–H and O–H groups in total. The number of hydrogen-bond donors (Lipinski definition) is 3. The number of anilines is 1. The van der Waals surface area contributed by atoms with Crippen LogP contribution < -0.4 is 5.32 Å². The fourth-order valence-corrected chi connectivity index (χ4v) is 3.00. The molecule has 0 atom stereocenters. The Bertz CT molecular complexity index is 886. The Kier molecular flexibility index (Phi) is 4.59. The van der Waals surface area contributed by atoms with Crippen LogP contribution in [-0.4, -0.2) is 38.2 Å². The number of carbonyl (C=O) groups excluding carboxylic acids is 1. The number of nitrogens with zero attached hydrogens (tertiary/aromatic N) is 2. The van der Waals surface area contributed by atoms with Gasteiger partial charge in [0.25, 0.3) is 5.91 Å². The second-order valence-corrected chi connectivity index (χ2v) is 6.05. The van der Waals surface area contributed by atoms with Gasteiger partial charge in [-0.1, -0.05) is 6.07 Å². The summed E-state index contributed by atoms with van der Waals surface area (Å²) in [4.78, 5) is 28.3. The average molecular weight is 345 g/mol. The summed E-state index contributed by atoms with van der Waals surface area (Å²) in [5.41, 5.74) is 1.31. The van der Waals surface area contributed by atoms with E-state index in [2.05, 4.69) is 10.3 Å². The van der Waals surface area contributed by atoms with E-state index in [0.29, 0.717) is 34.8 Å². The number of fused-ring (bicyclic) bond motifs is 1. The molecule has 124 valence electrons. The van der Waals surface area contributed by atoms with Crippen molar-refractivity contribution in [3.8, 4) is 0 Å². The van der Waals surface area contributed by atoms with Gasteiger partial charge in [-0.25, -0.2) is 9.78 Å². The van der Waals surface area contributed by atoms with Crippen LogP contribution in [0.25, 0.3) is 11.0 Å². The molecule has 8 heteroatoms. The third-order valence-electron chi connectivity index (χ3n) is 3.51. The number of amides is 1. The molecule has 0 unspecified atom stereocenters. The maximum Gasteiger partial charge on any atom is 0.335 e. The number of carboxylic acid groups (broad SMARTS) is 1. The van der Waals surface area contributed by atoms with Crippen LogP contribution in [-0.2, 0) is 6.54 Å². The highest BCUT2D eigenvalue weighted by Gasteiger charge is 2.16. The number of aromatic carboxylic acids is 1. The predicted molar refractivity (Wildman–Crippen MR) is 90.7 cm³/mol. The highest BCUT2D eigenvalue weighted by molar-refractivity contribution is 7.12. The summed E-state index contributed by atoms with van der Waals surface area (Å²) in [7, 11) is 0. The van der Waals surface area contributed by atoms with Crippen LogP contribution in [0.3, 0.4) is 0 Å². The van der Waals surface area contributed by atoms with Crippen molar-refractivity contribution in [1.29, 1.82) is 0 Å². The highest BCUT2D eigenvalue weighted by atomic mass is 32.1. The van der Waals surface area contributed by atoms with Gasteiger partial charge in [-0.2, -0.15) is 0 Å². The maximum atomic E-state index is 12.3. The monoisotopic (exact) mass is 345 g/mol. The zero-order valence-electron chi connectivity index (χ0n) is 12.6. The number of carbonyl (C=O) groups is 2. The standard InChI is InChI=1S/C16H15N3O4S/c20-7-2-6-19-12-5-4-10(15(22)23)9-11(12)17-16(19)18-14(21)13-3-1-8-24-13/h1,3-5,8-9,20H,2,6-7H2,(H,22,23)(H,17,18,21). The minimum Gasteiger partial charge on any atom is -0.478 e. The van der Waals surface area contributed by atoms with Crippen LogP contribution in [0.15, 0.2) is 35.7 Å². The van der Waals surface area contributed by atoms with E-state index in [0.717, 1.165) is 0 Å². The molecule has 0 aliphatic rings. The van der Waals surface area contributed by atoms with Crippen LogP contribution in [0.4, 0.5) is 5.95 Å². The first kappa shape index (κ1) is 16.2. The quantitative estimate of drug-likeness (QED) is 0.636. The molecule has 7 nitrogen and oxygen atoms in total. The van der Waals surface area contributed by atoms with Gasteiger partial charge in [0.15, 0.2) is 0 Å². The van der Waals surface area contributed by atoms with Gasteiger partial charge < -0.3 is 14.8 Å². The van der Waals surface area contributed by atoms with E-state index in [4.69, 9.17) is 10.2 Å². The van der Waals surface area contributed by atoms with E-state index in [9.17, 15) is 9.59 Å². The SMILES string of the molecule is O=C(O)c1ccc2c(c1)nc(NC(=O)c1cccs1)n2CCCO. The third kappa shape index (κ3) is 3.15. The number of nitrogens with one attached hydrogen (secondary N) is 1. The number of aromatic nitrogens is 2. The number of aliphatic hydroxyl groups excluding tert-OH is 1. The summed E-state index contributed by atoms with van der Waals surface area (Å²) in [6.07, 6.45) is 0.494. The lowest BCUT2D eigenvalue weighted by Gasteiger charge is -2.08. The number of hydrogen-bond acceptors (Lipinski definition) is 5. The second-order valence-electron chi connectivity index (χ2n) is 5.10. The van der Waals surface area contributed by atoms with Crippen molar-refractivity contribution < 1.29 is 19.8 Å². The smallest absolute Gasteiger partial charge is 0.335 e. The van der Waals surface area contributed by atoms with E-state index in [1.807, 2.05) is 5.38 Å². The fourth-order valence-electron chi connectivity index (χ4n) is 2.38. The van der Waals surface area contributed by atoms with E-state index in [1.54, 1.807) is 22.8 Å². The second kappa shape index (κ2) is 6.81. The molecule has 2 aromatic heterocycles. The largest absolute Gasteiger partial charge is 0.478 e. The molecule has 0 saturated carbocycles. The van der Waals surface area contributed by atoms with Gasteiger partial charge in [0.05, 0.1) is 21.5 Å². The van der Waals surface area contributed by atoms with E-state index >= 15 is 0 Å². The molecular weight excluding hydrogens is 330 g/mol. The van der Waals surface area contributed by atoms with Crippen molar-refractivity contribution in [1.82, 2.24) is 9.55 Å². The normalized spacial score (nSPS) is 10.9. The molecule has 1 amide bonds. The summed E-state index contributed by atoms with van der Waals surface area (Å²) >= 11 is 1.32. The Morgan fingerprint density at radius 1 is 1.29 bits per heavy atom. The first-order valence-electron chi connectivity index (χ1n) is 7.29. The fraction of sp³-hybridized carbons (Fsp3) is 0.188. The number of benzene rings is 1. The number of aliphatic hydroxyl groups is 1. The van der Waals surface area contributed by atoms with Crippen molar-refractivity contribution in [3.63, 3.8) is 0 Å². The third-order valence-corrected chi connectivity index (χ3v) is 4.37. The predicted octanol–water partition coefficient (Wildman–Crippen LogP) is 2.43. The zero-order valence-corrected chi connectivity index (χ0v) is 13.4. The minimum atomic E-state index is -1.04. The Labute approximate surface area is 141 Å². The number of aryl methyl sites for hydroxylation is 1. The van der Waals surface area contributed by atoms with Gasteiger partial charge >= 0.3 is 5.97 Å². The Morgan fingerprint density at radius 3 is 2.79 bits per heavy atom. The molecule has 2 heterocycles. The lowest BCUT2D eigenvalue weighted by Crippen LogP contribution is -2.15. The summed E-state index contributed by atoms with van der Waals surface area (Å²) in [5, 5.41) is 22.7. The van der Waals surface area contributed by atoms with Crippen LogP contribution in [0, 0.1) is 0 Å². The summed E-state index contributed by atoms with van der Waals surface area (Å²) in [6.45, 7) is 0.463. The van der Waals surface area contributed by atoms with E-state index in [-0.39, 0.29) is 18.1 Å². The molecule has 1 aromatic carbocycles. The topological polar surface area (TPSA) is 104 Å². The number of carboxylic acids is 1. The number of thiophene rings is 1. The Morgan fingerprint density at radius 2 is 2.12 bits per heavy atom. The maximum absolute atomic E-state index is 12.3. The van der Waals surface area contributed by atoms with Gasteiger partial charge in [-0.05, 0) is 36.1 Å². The summed E-state index contributed by atoms with van der Waals surface area (Å²) < 4.78 is 1.77. The Hall–Kier alpha value is -2.71. The minimum absolute atomic E-state index is 0.00515. The molecule has 0 bridgehead atoms. The van der Waals surface area contributed by atoms with Crippen molar-refractivity contribution in [2.45, 2.75) is 13.0 Å². The first-order chi connectivity index (χ1) is 11.6. The van der Waals surface area contributed by atoms with Gasteiger partial charge in [0, 0.05) is 13.2 Å². The van der Waals surface area contributed by atoms with Crippen LogP contribution in [0.2, 0.25) is 0 Å². The molecule has 3 aromatic rings. The molecule has 0 aliphatic carbocycles. The molecule has 0 fully saturated rings. The lowest BCUT2D eigenvalue weighted by atomic mass is 10.2.